The molecule has 0 radical (unpaired) electrons. The summed E-state index contributed by atoms with van der Waals surface area (Å²) in [6.07, 6.45) is 1.06. The SMILES string of the molecule is Cc1ccccc1CCNCc1cccc(Cl)c1. The van der Waals surface area contributed by atoms with Gasteiger partial charge in [-0.3, -0.25) is 0 Å². The Hall–Kier alpha value is -1.31. The molecular weight excluding hydrogens is 242 g/mol. The zero-order valence-electron chi connectivity index (χ0n) is 10.6. The van der Waals surface area contributed by atoms with Crippen LogP contribution in [-0.2, 0) is 13.0 Å². The van der Waals surface area contributed by atoms with E-state index >= 15 is 0 Å². The van der Waals surface area contributed by atoms with Crippen LogP contribution >= 0.6 is 11.6 Å². The molecule has 0 bridgehead atoms. The van der Waals surface area contributed by atoms with Gasteiger partial charge in [-0.1, -0.05) is 48.0 Å². The van der Waals surface area contributed by atoms with E-state index in [0.717, 1.165) is 24.5 Å². The molecule has 0 aliphatic heterocycles. The summed E-state index contributed by atoms with van der Waals surface area (Å²) in [6, 6.07) is 16.5. The highest BCUT2D eigenvalue weighted by atomic mass is 35.5. The van der Waals surface area contributed by atoms with E-state index in [2.05, 4.69) is 42.6 Å². The second-order valence-electron chi connectivity index (χ2n) is 4.48. The molecule has 18 heavy (non-hydrogen) atoms. The highest BCUT2D eigenvalue weighted by Gasteiger charge is 1.97. The van der Waals surface area contributed by atoms with Gasteiger partial charge in [-0.25, -0.2) is 0 Å². The molecule has 0 heterocycles. The van der Waals surface area contributed by atoms with Crippen LogP contribution < -0.4 is 5.32 Å². The summed E-state index contributed by atoms with van der Waals surface area (Å²) in [7, 11) is 0. The van der Waals surface area contributed by atoms with E-state index in [4.69, 9.17) is 11.6 Å². The van der Waals surface area contributed by atoms with Crippen LogP contribution in [0.4, 0.5) is 0 Å². The van der Waals surface area contributed by atoms with Gasteiger partial charge in [0.1, 0.15) is 0 Å². The van der Waals surface area contributed by atoms with Crippen molar-refractivity contribution in [1.82, 2.24) is 5.32 Å². The van der Waals surface area contributed by atoms with Gasteiger partial charge in [0.2, 0.25) is 0 Å². The first-order chi connectivity index (χ1) is 8.75. The van der Waals surface area contributed by atoms with Crippen LogP contribution in [0.3, 0.4) is 0 Å². The van der Waals surface area contributed by atoms with Crippen molar-refractivity contribution in [2.24, 2.45) is 0 Å². The lowest BCUT2D eigenvalue weighted by Crippen LogP contribution is -2.16. The molecule has 0 aliphatic carbocycles. The number of hydrogen-bond acceptors (Lipinski definition) is 1. The molecule has 94 valence electrons. The van der Waals surface area contributed by atoms with E-state index in [9.17, 15) is 0 Å². The molecule has 0 spiro atoms. The van der Waals surface area contributed by atoms with Crippen LogP contribution in [0.5, 0.6) is 0 Å². The van der Waals surface area contributed by atoms with Crippen LogP contribution in [-0.4, -0.2) is 6.54 Å². The van der Waals surface area contributed by atoms with Crippen LogP contribution in [0.25, 0.3) is 0 Å². The summed E-state index contributed by atoms with van der Waals surface area (Å²) < 4.78 is 0. The Kier molecular flexibility index (Phi) is 4.80. The zero-order valence-corrected chi connectivity index (χ0v) is 11.4. The number of halogens is 1. The minimum Gasteiger partial charge on any atom is -0.312 e. The fourth-order valence-electron chi connectivity index (χ4n) is 1.99. The average molecular weight is 260 g/mol. The van der Waals surface area contributed by atoms with E-state index in [1.54, 1.807) is 0 Å². The Bertz CT molecular complexity index is 508. The predicted molar refractivity (Wildman–Crippen MR) is 78.0 cm³/mol. The third-order valence-electron chi connectivity index (χ3n) is 3.05. The largest absolute Gasteiger partial charge is 0.312 e. The van der Waals surface area contributed by atoms with Gasteiger partial charge in [0, 0.05) is 11.6 Å². The summed E-state index contributed by atoms with van der Waals surface area (Å²) in [5.74, 6) is 0. The van der Waals surface area contributed by atoms with Gasteiger partial charge in [0.05, 0.1) is 0 Å². The Morgan fingerprint density at radius 2 is 1.89 bits per heavy atom. The molecule has 2 aromatic carbocycles. The number of hydrogen-bond donors (Lipinski definition) is 1. The number of rotatable bonds is 5. The minimum atomic E-state index is 0.799. The highest BCUT2D eigenvalue weighted by molar-refractivity contribution is 6.30. The van der Waals surface area contributed by atoms with Crippen molar-refractivity contribution in [3.8, 4) is 0 Å². The van der Waals surface area contributed by atoms with Gasteiger partial charge < -0.3 is 5.32 Å². The second-order valence-corrected chi connectivity index (χ2v) is 4.92. The lowest BCUT2D eigenvalue weighted by molar-refractivity contribution is 0.685. The summed E-state index contributed by atoms with van der Waals surface area (Å²) >= 11 is 5.95. The number of benzene rings is 2. The molecule has 0 saturated heterocycles. The van der Waals surface area contributed by atoms with Gasteiger partial charge in [0.15, 0.2) is 0 Å². The summed E-state index contributed by atoms with van der Waals surface area (Å²) in [5, 5.41) is 4.25. The topological polar surface area (TPSA) is 12.0 Å². The first-order valence-electron chi connectivity index (χ1n) is 6.25. The fourth-order valence-corrected chi connectivity index (χ4v) is 2.21. The Balaban J connectivity index is 1.78. The first kappa shape index (κ1) is 13.1. The van der Waals surface area contributed by atoms with E-state index in [1.807, 2.05) is 18.2 Å². The molecule has 2 aromatic rings. The van der Waals surface area contributed by atoms with Crippen LogP contribution in [0.15, 0.2) is 48.5 Å². The van der Waals surface area contributed by atoms with Crippen molar-refractivity contribution >= 4 is 11.6 Å². The Morgan fingerprint density at radius 3 is 2.67 bits per heavy atom. The molecule has 1 nitrogen and oxygen atoms in total. The maximum Gasteiger partial charge on any atom is 0.0409 e. The lowest BCUT2D eigenvalue weighted by atomic mass is 10.1. The van der Waals surface area contributed by atoms with Crippen molar-refractivity contribution < 1.29 is 0 Å². The van der Waals surface area contributed by atoms with Crippen molar-refractivity contribution in [2.45, 2.75) is 19.9 Å². The molecule has 0 fully saturated rings. The second kappa shape index (κ2) is 6.58. The normalized spacial score (nSPS) is 10.6. The quantitative estimate of drug-likeness (QED) is 0.801. The van der Waals surface area contributed by atoms with E-state index in [1.165, 1.54) is 16.7 Å². The molecule has 2 rings (SSSR count). The lowest BCUT2D eigenvalue weighted by Gasteiger charge is -2.07. The van der Waals surface area contributed by atoms with Crippen molar-refractivity contribution in [1.29, 1.82) is 0 Å². The van der Waals surface area contributed by atoms with Crippen LogP contribution in [0.2, 0.25) is 5.02 Å². The molecule has 1 N–H and O–H groups in total. The van der Waals surface area contributed by atoms with Crippen LogP contribution in [0, 0.1) is 6.92 Å². The molecule has 0 unspecified atom stereocenters. The molecule has 0 saturated carbocycles. The summed E-state index contributed by atoms with van der Waals surface area (Å²) in [4.78, 5) is 0. The Morgan fingerprint density at radius 1 is 1.06 bits per heavy atom. The van der Waals surface area contributed by atoms with E-state index in [0.29, 0.717) is 0 Å². The van der Waals surface area contributed by atoms with E-state index < -0.39 is 0 Å². The molecule has 0 amide bonds. The van der Waals surface area contributed by atoms with Gasteiger partial charge in [-0.15, -0.1) is 0 Å². The predicted octanol–water partition coefficient (Wildman–Crippen LogP) is 3.98. The third-order valence-corrected chi connectivity index (χ3v) is 3.29. The first-order valence-corrected chi connectivity index (χ1v) is 6.63. The standard InChI is InChI=1S/C16H18ClN/c1-13-5-2-3-7-15(13)9-10-18-12-14-6-4-8-16(17)11-14/h2-8,11,18H,9-10,12H2,1H3. The van der Waals surface area contributed by atoms with E-state index in [-0.39, 0.29) is 0 Å². The van der Waals surface area contributed by atoms with Crippen molar-refractivity contribution in [2.75, 3.05) is 6.54 Å². The molecule has 0 aliphatic rings. The smallest absolute Gasteiger partial charge is 0.0409 e. The molecule has 2 heteroatoms. The van der Waals surface area contributed by atoms with Gasteiger partial charge in [-0.05, 0) is 48.7 Å². The van der Waals surface area contributed by atoms with Crippen molar-refractivity contribution in [3.63, 3.8) is 0 Å². The van der Waals surface area contributed by atoms with Gasteiger partial charge in [0.25, 0.3) is 0 Å². The minimum absolute atomic E-state index is 0.799. The highest BCUT2D eigenvalue weighted by Crippen LogP contribution is 2.10. The maximum atomic E-state index is 5.95. The molecule has 0 aromatic heterocycles. The Labute approximate surface area is 114 Å². The fraction of sp³-hybridized carbons (Fsp3) is 0.250. The van der Waals surface area contributed by atoms with Gasteiger partial charge >= 0.3 is 0 Å². The average Bonchev–Trinajstić information content (AvgIpc) is 2.37. The van der Waals surface area contributed by atoms with Crippen LogP contribution in [0.1, 0.15) is 16.7 Å². The zero-order chi connectivity index (χ0) is 12.8. The molecule has 0 atom stereocenters. The number of aryl methyl sites for hydroxylation is 1. The third kappa shape index (κ3) is 3.86. The van der Waals surface area contributed by atoms with Gasteiger partial charge in [-0.2, -0.15) is 0 Å². The number of nitrogens with one attached hydrogen (secondary N) is 1. The monoisotopic (exact) mass is 259 g/mol. The molecular formula is C16H18ClN. The maximum absolute atomic E-state index is 5.95. The van der Waals surface area contributed by atoms with Crippen molar-refractivity contribution in [3.05, 3.63) is 70.2 Å². The summed E-state index contributed by atoms with van der Waals surface area (Å²) in [5.41, 5.74) is 4.01. The summed E-state index contributed by atoms with van der Waals surface area (Å²) in [6.45, 7) is 4.01.